The molecule has 2 aromatic rings. The summed E-state index contributed by atoms with van der Waals surface area (Å²) in [6.07, 6.45) is 2.70. The van der Waals surface area contributed by atoms with Crippen LogP contribution in [-0.4, -0.2) is 35.8 Å². The molecule has 4 heterocycles. The number of piperidine rings is 3. The van der Waals surface area contributed by atoms with E-state index in [1.807, 2.05) is 30.3 Å². The second-order valence-corrected chi connectivity index (χ2v) is 6.27. The first-order chi connectivity index (χ1) is 10.3. The third-order valence-electron chi connectivity index (χ3n) is 4.49. The van der Waals surface area contributed by atoms with E-state index in [4.69, 9.17) is 20.9 Å². The molecular weight excluding hydrogens is 323 g/mol. The topological polar surface area (TPSA) is 38.5 Å². The second kappa shape index (κ2) is 6.49. The average Bonchev–Trinajstić information content (AvgIpc) is 2.98. The van der Waals surface area contributed by atoms with Gasteiger partial charge in [-0.05, 0) is 61.3 Å². The van der Waals surface area contributed by atoms with Gasteiger partial charge >= 0.3 is 0 Å². The molecule has 3 saturated heterocycles. The smallest absolute Gasteiger partial charge is 0.255 e. The fourth-order valence-electron chi connectivity index (χ4n) is 3.26. The summed E-state index contributed by atoms with van der Waals surface area (Å²) in [6, 6.07) is 9.38. The Morgan fingerprint density at radius 2 is 1.91 bits per heavy atom. The van der Waals surface area contributed by atoms with E-state index < -0.39 is 0 Å². The van der Waals surface area contributed by atoms with Crippen LogP contribution in [0.1, 0.15) is 12.8 Å². The molecule has 4 nitrogen and oxygen atoms in total. The van der Waals surface area contributed by atoms with Crippen LogP contribution >= 0.6 is 24.0 Å². The maximum absolute atomic E-state index is 6.04. The molecule has 3 aliphatic rings. The predicted molar refractivity (Wildman–Crippen MR) is 87.8 cm³/mol. The summed E-state index contributed by atoms with van der Waals surface area (Å²) in [6.45, 7) is 3.42. The van der Waals surface area contributed by atoms with Gasteiger partial charge in [-0.2, -0.15) is 0 Å². The van der Waals surface area contributed by atoms with E-state index in [1.54, 1.807) is 0 Å². The molecule has 5 rings (SSSR count). The summed E-state index contributed by atoms with van der Waals surface area (Å²) in [4.78, 5) is 2.46. The highest BCUT2D eigenvalue weighted by atomic mass is 35.5. The number of nitrogens with zero attached hydrogens (tertiary/aromatic N) is 2. The molecule has 1 aromatic heterocycles. The molecule has 0 spiro atoms. The highest BCUT2D eigenvalue weighted by Crippen LogP contribution is 2.32. The highest BCUT2D eigenvalue weighted by Gasteiger charge is 2.36. The molecule has 0 saturated carbocycles. The Labute approximate surface area is 140 Å². The summed E-state index contributed by atoms with van der Waals surface area (Å²) in [5, 5.41) is 4.75. The van der Waals surface area contributed by atoms with Gasteiger partial charge in [-0.15, -0.1) is 12.4 Å². The van der Waals surface area contributed by atoms with Gasteiger partial charge in [0.15, 0.2) is 5.76 Å². The van der Waals surface area contributed by atoms with Crippen LogP contribution in [0.4, 0.5) is 0 Å². The first kappa shape index (κ1) is 15.7. The van der Waals surface area contributed by atoms with Crippen molar-refractivity contribution >= 4 is 24.0 Å². The molecule has 22 heavy (non-hydrogen) atoms. The lowest BCUT2D eigenvalue weighted by Gasteiger charge is -2.43. The standard InChI is InChI=1S/C16H17ClN2O2.ClH/c17-13-3-1-11(2-4-13)14-9-16(18-21-14)20-15-10-19-7-5-12(15)6-8-19;/h1-4,9,12,15H,5-8,10H2;1H. The minimum atomic E-state index is 0. The van der Waals surface area contributed by atoms with Crippen molar-refractivity contribution in [2.45, 2.75) is 18.9 Å². The number of aromatic nitrogens is 1. The summed E-state index contributed by atoms with van der Waals surface area (Å²) < 4.78 is 11.4. The lowest BCUT2D eigenvalue weighted by Crippen LogP contribution is -2.52. The molecule has 0 aliphatic carbocycles. The summed E-state index contributed by atoms with van der Waals surface area (Å²) in [7, 11) is 0. The van der Waals surface area contributed by atoms with Crippen LogP contribution < -0.4 is 4.74 Å². The largest absolute Gasteiger partial charge is 0.471 e. The molecule has 1 unspecified atom stereocenters. The van der Waals surface area contributed by atoms with Gasteiger partial charge in [0.25, 0.3) is 5.88 Å². The Balaban J connectivity index is 0.00000144. The van der Waals surface area contributed by atoms with Gasteiger partial charge in [0.2, 0.25) is 0 Å². The lowest BCUT2D eigenvalue weighted by molar-refractivity contribution is -0.0113. The van der Waals surface area contributed by atoms with Gasteiger partial charge in [0.05, 0.1) is 0 Å². The first-order valence-corrected chi connectivity index (χ1v) is 7.77. The van der Waals surface area contributed by atoms with Crippen molar-refractivity contribution in [1.82, 2.24) is 10.1 Å². The zero-order valence-electron chi connectivity index (χ0n) is 12.1. The Hall–Kier alpha value is -1.23. The van der Waals surface area contributed by atoms with Crippen molar-refractivity contribution in [1.29, 1.82) is 0 Å². The minimum absolute atomic E-state index is 0. The number of halogens is 2. The maximum atomic E-state index is 6.04. The van der Waals surface area contributed by atoms with E-state index >= 15 is 0 Å². The van der Waals surface area contributed by atoms with Crippen LogP contribution in [0.5, 0.6) is 5.88 Å². The van der Waals surface area contributed by atoms with Crippen LogP contribution in [0.2, 0.25) is 5.02 Å². The van der Waals surface area contributed by atoms with Crippen molar-refractivity contribution in [3.05, 3.63) is 35.4 Å². The SMILES string of the molecule is Cl.Clc1ccc(-c2cc(OC3CN4CCC3CC4)no2)cc1. The van der Waals surface area contributed by atoms with E-state index in [-0.39, 0.29) is 18.5 Å². The fraction of sp³-hybridized carbons (Fsp3) is 0.438. The first-order valence-electron chi connectivity index (χ1n) is 7.39. The fourth-order valence-corrected chi connectivity index (χ4v) is 3.39. The molecule has 1 atom stereocenters. The number of rotatable bonds is 3. The van der Waals surface area contributed by atoms with E-state index in [1.165, 1.54) is 25.9 Å². The van der Waals surface area contributed by atoms with Gasteiger partial charge < -0.3 is 9.26 Å². The van der Waals surface area contributed by atoms with Crippen LogP contribution in [0.3, 0.4) is 0 Å². The highest BCUT2D eigenvalue weighted by molar-refractivity contribution is 6.30. The molecule has 1 aromatic carbocycles. The third-order valence-corrected chi connectivity index (χ3v) is 4.74. The van der Waals surface area contributed by atoms with Crippen LogP contribution in [0, 0.1) is 5.92 Å². The van der Waals surface area contributed by atoms with Crippen molar-refractivity contribution in [2.24, 2.45) is 5.92 Å². The van der Waals surface area contributed by atoms with E-state index in [0.29, 0.717) is 22.6 Å². The van der Waals surface area contributed by atoms with Crippen molar-refractivity contribution in [3.8, 4) is 17.2 Å². The van der Waals surface area contributed by atoms with Gasteiger partial charge in [-0.3, -0.25) is 4.90 Å². The molecule has 118 valence electrons. The Morgan fingerprint density at radius 1 is 1.18 bits per heavy atom. The third kappa shape index (κ3) is 3.09. The zero-order valence-corrected chi connectivity index (χ0v) is 13.6. The molecule has 2 bridgehead atoms. The molecule has 6 heteroatoms. The minimum Gasteiger partial charge on any atom is -0.471 e. The van der Waals surface area contributed by atoms with Crippen molar-refractivity contribution in [2.75, 3.05) is 19.6 Å². The van der Waals surface area contributed by atoms with Crippen LogP contribution in [0.15, 0.2) is 34.9 Å². The van der Waals surface area contributed by atoms with Crippen LogP contribution in [0.25, 0.3) is 11.3 Å². The van der Waals surface area contributed by atoms with Gasteiger partial charge in [-0.1, -0.05) is 11.6 Å². The molecule has 0 N–H and O–H groups in total. The molecule has 0 radical (unpaired) electrons. The molecule has 3 aliphatic heterocycles. The number of hydrogen-bond acceptors (Lipinski definition) is 4. The number of fused-ring (bicyclic) bond motifs is 3. The normalized spacial score (nSPS) is 26.5. The van der Waals surface area contributed by atoms with Gasteiger partial charge in [-0.25, -0.2) is 0 Å². The molecule has 3 fully saturated rings. The van der Waals surface area contributed by atoms with Crippen molar-refractivity contribution < 1.29 is 9.26 Å². The lowest BCUT2D eigenvalue weighted by atomic mass is 9.86. The number of benzene rings is 1. The monoisotopic (exact) mass is 340 g/mol. The zero-order chi connectivity index (χ0) is 14.2. The summed E-state index contributed by atoms with van der Waals surface area (Å²) in [5.74, 6) is 1.95. The van der Waals surface area contributed by atoms with E-state index in [2.05, 4.69) is 10.1 Å². The Bertz CT molecular complexity index is 621. The van der Waals surface area contributed by atoms with Crippen molar-refractivity contribution in [3.63, 3.8) is 0 Å². The molecule has 0 amide bonds. The van der Waals surface area contributed by atoms with E-state index in [9.17, 15) is 0 Å². The maximum Gasteiger partial charge on any atom is 0.255 e. The number of ether oxygens (including phenoxy) is 1. The van der Waals surface area contributed by atoms with E-state index in [0.717, 1.165) is 12.1 Å². The van der Waals surface area contributed by atoms with Crippen LogP contribution in [-0.2, 0) is 0 Å². The van der Waals surface area contributed by atoms with Gasteiger partial charge in [0.1, 0.15) is 6.10 Å². The second-order valence-electron chi connectivity index (χ2n) is 5.83. The molecular formula is C16H18Cl2N2O2. The summed E-state index contributed by atoms with van der Waals surface area (Å²) >= 11 is 5.89. The summed E-state index contributed by atoms with van der Waals surface area (Å²) in [5.41, 5.74) is 0.954. The predicted octanol–water partition coefficient (Wildman–Crippen LogP) is 3.89. The average molecular weight is 341 g/mol. The Kier molecular flexibility index (Phi) is 4.62. The number of hydrogen-bond donors (Lipinski definition) is 0. The Morgan fingerprint density at radius 3 is 2.55 bits per heavy atom. The van der Waals surface area contributed by atoms with Gasteiger partial charge in [0, 0.05) is 23.2 Å². The quantitative estimate of drug-likeness (QED) is 0.849.